The summed E-state index contributed by atoms with van der Waals surface area (Å²) in [7, 11) is 2.18. The number of hydrogen-bond donors (Lipinski definition) is 0. The third-order valence-corrected chi connectivity index (χ3v) is 3.34. The first-order valence-corrected chi connectivity index (χ1v) is 4.69. The predicted octanol–water partition coefficient (Wildman–Crippen LogP) is 2.25. The number of rotatable bonds is 0. The first kappa shape index (κ1) is 7.20. The number of allylic oxidation sites excluding steroid dienone is 1. The molecule has 0 amide bonds. The van der Waals surface area contributed by atoms with E-state index < -0.39 is 0 Å². The first-order chi connectivity index (χ1) is 5.29. The normalized spacial score (nSPS) is 37.5. The van der Waals surface area contributed by atoms with Gasteiger partial charge in [0, 0.05) is 25.2 Å². The molecule has 11 heavy (non-hydrogen) atoms. The van der Waals surface area contributed by atoms with E-state index in [-0.39, 0.29) is 0 Å². The first-order valence-electron chi connectivity index (χ1n) is 4.69. The minimum Gasteiger partial charge on any atom is -0.378 e. The highest BCUT2D eigenvalue weighted by Gasteiger charge is 2.35. The Bertz CT molecular complexity index is 174. The van der Waals surface area contributed by atoms with Crippen LogP contribution in [0.25, 0.3) is 0 Å². The Morgan fingerprint density at radius 2 is 2.09 bits per heavy atom. The molecule has 0 radical (unpaired) electrons. The monoisotopic (exact) mass is 151 g/mol. The van der Waals surface area contributed by atoms with Crippen LogP contribution in [-0.2, 0) is 0 Å². The summed E-state index contributed by atoms with van der Waals surface area (Å²) in [6.07, 6.45) is 5.71. The molecule has 0 aromatic carbocycles. The van der Waals surface area contributed by atoms with Crippen LogP contribution in [0, 0.1) is 11.8 Å². The molecule has 1 heteroatoms. The molecule has 1 aliphatic heterocycles. The van der Waals surface area contributed by atoms with Gasteiger partial charge in [-0.05, 0) is 18.8 Å². The maximum absolute atomic E-state index is 4.15. The van der Waals surface area contributed by atoms with Crippen molar-refractivity contribution in [3.05, 3.63) is 12.3 Å². The topological polar surface area (TPSA) is 3.24 Å². The average molecular weight is 151 g/mol. The van der Waals surface area contributed by atoms with Crippen LogP contribution in [0.1, 0.15) is 25.7 Å². The molecule has 62 valence electrons. The molecule has 2 atom stereocenters. The second-order valence-electron chi connectivity index (χ2n) is 4.02. The fraction of sp³-hybridized carbons (Fsp3) is 0.800. The molecule has 2 unspecified atom stereocenters. The summed E-state index contributed by atoms with van der Waals surface area (Å²) in [5, 5.41) is 0. The van der Waals surface area contributed by atoms with Crippen LogP contribution < -0.4 is 0 Å². The van der Waals surface area contributed by atoms with Crippen molar-refractivity contribution in [2.45, 2.75) is 25.7 Å². The summed E-state index contributed by atoms with van der Waals surface area (Å²) in [4.78, 5) is 2.35. The zero-order chi connectivity index (χ0) is 7.84. The largest absolute Gasteiger partial charge is 0.378 e. The molecule has 1 heterocycles. The molecule has 2 aliphatic rings. The van der Waals surface area contributed by atoms with E-state index in [1.165, 1.54) is 37.9 Å². The van der Waals surface area contributed by atoms with Gasteiger partial charge >= 0.3 is 0 Å². The average Bonchev–Trinajstić information content (AvgIpc) is 2.30. The van der Waals surface area contributed by atoms with Crippen molar-refractivity contribution >= 4 is 0 Å². The van der Waals surface area contributed by atoms with E-state index in [4.69, 9.17) is 0 Å². The van der Waals surface area contributed by atoms with Gasteiger partial charge in [0.15, 0.2) is 0 Å². The minimum atomic E-state index is 0.841. The van der Waals surface area contributed by atoms with Crippen molar-refractivity contribution in [1.82, 2.24) is 4.90 Å². The maximum atomic E-state index is 4.15. The Kier molecular flexibility index (Phi) is 1.67. The molecule has 2 fully saturated rings. The lowest BCUT2D eigenvalue weighted by Crippen LogP contribution is -2.16. The third-order valence-electron chi connectivity index (χ3n) is 3.34. The van der Waals surface area contributed by atoms with E-state index >= 15 is 0 Å². The molecule has 1 saturated heterocycles. The highest BCUT2D eigenvalue weighted by atomic mass is 15.1. The van der Waals surface area contributed by atoms with Crippen molar-refractivity contribution in [2.75, 3.05) is 13.6 Å². The fourth-order valence-electron chi connectivity index (χ4n) is 2.62. The Hall–Kier alpha value is -0.460. The molecule has 1 aliphatic carbocycles. The lowest BCUT2D eigenvalue weighted by Gasteiger charge is -2.23. The van der Waals surface area contributed by atoms with E-state index in [1.54, 1.807) is 0 Å². The summed E-state index contributed by atoms with van der Waals surface area (Å²) < 4.78 is 0. The second kappa shape index (κ2) is 2.54. The molecule has 0 N–H and O–H groups in total. The molecule has 2 rings (SSSR count). The van der Waals surface area contributed by atoms with Crippen molar-refractivity contribution in [3.8, 4) is 0 Å². The number of hydrogen-bond acceptors (Lipinski definition) is 1. The van der Waals surface area contributed by atoms with Gasteiger partial charge < -0.3 is 4.90 Å². The summed E-state index contributed by atoms with van der Waals surface area (Å²) in [6.45, 7) is 5.41. The van der Waals surface area contributed by atoms with Gasteiger partial charge in [-0.2, -0.15) is 0 Å². The van der Waals surface area contributed by atoms with E-state index in [9.17, 15) is 0 Å². The molecule has 1 nitrogen and oxygen atoms in total. The third kappa shape index (κ3) is 1.07. The Labute approximate surface area is 69.1 Å². The summed E-state index contributed by atoms with van der Waals surface area (Å²) in [5.74, 6) is 1.79. The molecule has 1 saturated carbocycles. The van der Waals surface area contributed by atoms with Gasteiger partial charge in [-0.15, -0.1) is 0 Å². The van der Waals surface area contributed by atoms with Crippen molar-refractivity contribution in [3.63, 3.8) is 0 Å². The molecule has 0 bridgehead atoms. The summed E-state index contributed by atoms with van der Waals surface area (Å²) in [6, 6.07) is 0. The van der Waals surface area contributed by atoms with Gasteiger partial charge in [0.25, 0.3) is 0 Å². The van der Waals surface area contributed by atoms with E-state index in [0.29, 0.717) is 0 Å². The highest BCUT2D eigenvalue weighted by Crippen LogP contribution is 2.40. The van der Waals surface area contributed by atoms with E-state index in [0.717, 1.165) is 11.8 Å². The molecular weight excluding hydrogens is 134 g/mol. The van der Waals surface area contributed by atoms with Crippen LogP contribution in [0.15, 0.2) is 12.3 Å². The Morgan fingerprint density at radius 1 is 1.36 bits per heavy atom. The molecule has 0 aromatic heterocycles. The molecule has 0 aromatic rings. The quantitative estimate of drug-likeness (QED) is 0.513. The highest BCUT2D eigenvalue weighted by molar-refractivity contribution is 5.09. The van der Waals surface area contributed by atoms with Crippen LogP contribution in [0.2, 0.25) is 0 Å². The van der Waals surface area contributed by atoms with Gasteiger partial charge in [-0.1, -0.05) is 19.4 Å². The van der Waals surface area contributed by atoms with E-state index in [1.807, 2.05) is 0 Å². The van der Waals surface area contributed by atoms with Crippen LogP contribution in [0.4, 0.5) is 0 Å². The fourth-order valence-corrected chi connectivity index (χ4v) is 2.62. The van der Waals surface area contributed by atoms with Gasteiger partial charge in [-0.3, -0.25) is 0 Å². The van der Waals surface area contributed by atoms with Gasteiger partial charge in [0.05, 0.1) is 0 Å². The molecule has 0 spiro atoms. The minimum absolute atomic E-state index is 0.841. The zero-order valence-electron chi connectivity index (χ0n) is 7.34. The van der Waals surface area contributed by atoms with Crippen LogP contribution in [0.3, 0.4) is 0 Å². The summed E-state index contributed by atoms with van der Waals surface area (Å²) in [5.41, 5.74) is 1.40. The van der Waals surface area contributed by atoms with Crippen LogP contribution in [0.5, 0.6) is 0 Å². The van der Waals surface area contributed by atoms with Crippen LogP contribution in [-0.4, -0.2) is 18.5 Å². The summed E-state index contributed by atoms with van der Waals surface area (Å²) >= 11 is 0. The predicted molar refractivity (Wildman–Crippen MR) is 47.2 cm³/mol. The van der Waals surface area contributed by atoms with Gasteiger partial charge in [0.2, 0.25) is 0 Å². The standard InChI is InChI=1S/C10H17N/c1-8-10-6-4-3-5-9(10)7-11(8)2/h9-10H,1,3-7H2,2H3. The smallest absolute Gasteiger partial charge is 0.0206 e. The van der Waals surface area contributed by atoms with Crippen molar-refractivity contribution in [2.24, 2.45) is 11.8 Å². The van der Waals surface area contributed by atoms with Crippen LogP contribution >= 0.6 is 0 Å². The zero-order valence-corrected chi connectivity index (χ0v) is 7.34. The lowest BCUT2D eigenvalue weighted by molar-refractivity contribution is 0.310. The SMILES string of the molecule is C=C1C2CCCCC2CN1C. The number of nitrogens with zero attached hydrogens (tertiary/aromatic N) is 1. The maximum Gasteiger partial charge on any atom is 0.0206 e. The number of fused-ring (bicyclic) bond motifs is 1. The molecular formula is C10H17N. The number of likely N-dealkylation sites (tertiary alicyclic amines) is 1. The lowest BCUT2D eigenvalue weighted by atomic mass is 9.81. The van der Waals surface area contributed by atoms with E-state index in [2.05, 4.69) is 18.5 Å². The second-order valence-corrected chi connectivity index (χ2v) is 4.02. The Balaban J connectivity index is 2.11. The van der Waals surface area contributed by atoms with Gasteiger partial charge in [-0.25, -0.2) is 0 Å². The van der Waals surface area contributed by atoms with Crippen molar-refractivity contribution in [1.29, 1.82) is 0 Å². The van der Waals surface area contributed by atoms with Gasteiger partial charge in [0.1, 0.15) is 0 Å². The van der Waals surface area contributed by atoms with Crippen molar-refractivity contribution < 1.29 is 0 Å². The Morgan fingerprint density at radius 3 is 2.82 bits per heavy atom.